The largest absolute Gasteiger partial charge is 0.372 e. The van der Waals surface area contributed by atoms with E-state index in [0.717, 1.165) is 20.2 Å². The molecule has 5 heteroatoms. The number of halogens is 1. The van der Waals surface area contributed by atoms with Gasteiger partial charge in [0.25, 0.3) is 0 Å². The van der Waals surface area contributed by atoms with E-state index in [4.69, 9.17) is 0 Å². The fraction of sp³-hybridized carbons (Fsp3) is 0.0909. The predicted octanol–water partition coefficient (Wildman–Crippen LogP) is 3.43. The highest BCUT2D eigenvalue weighted by Gasteiger charge is 2.00. The number of nitrogens with zero attached hydrogens (tertiary/aromatic N) is 2. The number of nitrogens with one attached hydrogen (secondary N) is 1. The molecule has 0 aliphatic carbocycles. The quantitative estimate of drug-likeness (QED) is 0.941. The predicted molar refractivity (Wildman–Crippen MR) is 69.8 cm³/mol. The van der Waals surface area contributed by atoms with Crippen molar-refractivity contribution in [3.05, 3.63) is 41.1 Å². The van der Waals surface area contributed by atoms with Gasteiger partial charge in [0.1, 0.15) is 10.8 Å². The van der Waals surface area contributed by atoms with Gasteiger partial charge in [-0.15, -0.1) is 0 Å². The third kappa shape index (κ3) is 2.96. The lowest BCUT2D eigenvalue weighted by molar-refractivity contribution is 1.05. The molecule has 0 unspecified atom stereocenters. The van der Waals surface area contributed by atoms with E-state index in [0.29, 0.717) is 0 Å². The van der Waals surface area contributed by atoms with Crippen molar-refractivity contribution < 1.29 is 0 Å². The molecule has 0 aliphatic rings. The van der Waals surface area contributed by atoms with Crippen molar-refractivity contribution in [3.63, 3.8) is 0 Å². The summed E-state index contributed by atoms with van der Waals surface area (Å²) in [5.41, 5.74) is 0. The zero-order valence-electron chi connectivity index (χ0n) is 8.64. The van der Waals surface area contributed by atoms with Crippen LogP contribution in [0, 0.1) is 0 Å². The van der Waals surface area contributed by atoms with Crippen LogP contribution in [-0.4, -0.2) is 17.0 Å². The summed E-state index contributed by atoms with van der Waals surface area (Å²) in [7, 11) is 1.83. The Morgan fingerprint density at radius 1 is 1.19 bits per heavy atom. The Bertz CT molecular complexity index is 473. The van der Waals surface area contributed by atoms with Gasteiger partial charge in [-0.1, -0.05) is 27.7 Å². The van der Waals surface area contributed by atoms with Crippen LogP contribution in [0.4, 0.5) is 5.82 Å². The molecule has 1 N–H and O–H groups in total. The summed E-state index contributed by atoms with van der Waals surface area (Å²) in [5.74, 6) is 0.780. The van der Waals surface area contributed by atoms with E-state index in [9.17, 15) is 0 Å². The molecular formula is C11H10BrN3S. The number of hydrogen-bond acceptors (Lipinski definition) is 4. The van der Waals surface area contributed by atoms with Crippen molar-refractivity contribution in [1.82, 2.24) is 9.97 Å². The summed E-state index contributed by atoms with van der Waals surface area (Å²) in [6.07, 6.45) is 3.46. The Hall–Kier alpha value is -1.07. The van der Waals surface area contributed by atoms with Gasteiger partial charge in [0, 0.05) is 16.4 Å². The highest BCUT2D eigenvalue weighted by atomic mass is 79.9. The molecule has 1 heterocycles. The van der Waals surface area contributed by atoms with E-state index in [1.54, 1.807) is 24.2 Å². The van der Waals surface area contributed by atoms with E-state index >= 15 is 0 Å². The van der Waals surface area contributed by atoms with Crippen molar-refractivity contribution in [2.24, 2.45) is 0 Å². The standard InChI is InChI=1S/C11H10BrN3S/c1-13-10-6-14-7-11(15-10)16-9-4-2-8(12)3-5-9/h2-7H,1H3,(H,13,15). The van der Waals surface area contributed by atoms with Crippen molar-refractivity contribution >= 4 is 33.5 Å². The van der Waals surface area contributed by atoms with Crippen LogP contribution in [-0.2, 0) is 0 Å². The molecule has 0 aliphatic heterocycles. The molecule has 16 heavy (non-hydrogen) atoms. The fourth-order valence-electron chi connectivity index (χ4n) is 1.14. The van der Waals surface area contributed by atoms with Crippen molar-refractivity contribution in [2.75, 3.05) is 12.4 Å². The Morgan fingerprint density at radius 2 is 1.94 bits per heavy atom. The maximum atomic E-state index is 4.39. The van der Waals surface area contributed by atoms with Gasteiger partial charge in [-0.2, -0.15) is 0 Å². The maximum Gasteiger partial charge on any atom is 0.145 e. The van der Waals surface area contributed by atoms with Gasteiger partial charge < -0.3 is 5.32 Å². The van der Waals surface area contributed by atoms with E-state index in [1.807, 2.05) is 31.3 Å². The maximum absolute atomic E-state index is 4.39. The lowest BCUT2D eigenvalue weighted by Crippen LogP contribution is -1.93. The average Bonchev–Trinajstić information content (AvgIpc) is 2.32. The zero-order chi connectivity index (χ0) is 11.4. The second-order valence-electron chi connectivity index (χ2n) is 3.05. The molecule has 0 bridgehead atoms. The number of aromatic nitrogens is 2. The van der Waals surface area contributed by atoms with E-state index in [-0.39, 0.29) is 0 Å². The Morgan fingerprint density at radius 3 is 2.62 bits per heavy atom. The third-order valence-electron chi connectivity index (χ3n) is 1.90. The molecule has 0 saturated carbocycles. The van der Waals surface area contributed by atoms with E-state index in [2.05, 4.69) is 31.2 Å². The first-order valence-corrected chi connectivity index (χ1v) is 6.32. The minimum absolute atomic E-state index is 0.780. The summed E-state index contributed by atoms with van der Waals surface area (Å²) in [4.78, 5) is 9.64. The lowest BCUT2D eigenvalue weighted by atomic mass is 10.4. The molecule has 0 amide bonds. The number of benzene rings is 1. The van der Waals surface area contributed by atoms with Crippen molar-refractivity contribution in [1.29, 1.82) is 0 Å². The molecule has 1 aromatic heterocycles. The Kier molecular flexibility index (Phi) is 3.79. The number of rotatable bonds is 3. The average molecular weight is 296 g/mol. The molecule has 82 valence electrons. The summed E-state index contributed by atoms with van der Waals surface area (Å²) >= 11 is 5.00. The monoisotopic (exact) mass is 295 g/mol. The molecule has 0 saturated heterocycles. The van der Waals surface area contributed by atoms with Crippen LogP contribution >= 0.6 is 27.7 Å². The smallest absolute Gasteiger partial charge is 0.145 e. The van der Waals surface area contributed by atoms with Crippen LogP contribution in [0.5, 0.6) is 0 Å². The van der Waals surface area contributed by atoms with Gasteiger partial charge in [-0.25, -0.2) is 4.98 Å². The molecule has 2 rings (SSSR count). The molecule has 0 atom stereocenters. The van der Waals surface area contributed by atoms with Crippen molar-refractivity contribution in [2.45, 2.75) is 9.92 Å². The van der Waals surface area contributed by atoms with Crippen LogP contribution in [0.25, 0.3) is 0 Å². The molecule has 0 spiro atoms. The first-order valence-electron chi connectivity index (χ1n) is 4.71. The van der Waals surface area contributed by atoms with Crippen LogP contribution in [0.15, 0.2) is 51.1 Å². The molecule has 0 fully saturated rings. The lowest BCUT2D eigenvalue weighted by Gasteiger charge is -2.03. The minimum Gasteiger partial charge on any atom is -0.372 e. The van der Waals surface area contributed by atoms with Gasteiger partial charge in [-0.05, 0) is 24.3 Å². The van der Waals surface area contributed by atoms with Gasteiger partial charge in [-0.3, -0.25) is 4.98 Å². The van der Waals surface area contributed by atoms with Crippen LogP contribution < -0.4 is 5.32 Å². The SMILES string of the molecule is CNc1cncc(Sc2ccc(Br)cc2)n1. The first kappa shape index (κ1) is 11.4. The van der Waals surface area contributed by atoms with Crippen LogP contribution in [0.1, 0.15) is 0 Å². The molecule has 0 radical (unpaired) electrons. The second-order valence-corrected chi connectivity index (χ2v) is 5.06. The second kappa shape index (κ2) is 5.32. The molecular weight excluding hydrogens is 286 g/mol. The molecule has 3 nitrogen and oxygen atoms in total. The van der Waals surface area contributed by atoms with Gasteiger partial charge in [0.2, 0.25) is 0 Å². The summed E-state index contributed by atoms with van der Waals surface area (Å²) < 4.78 is 1.08. The molecule has 1 aromatic carbocycles. The van der Waals surface area contributed by atoms with Gasteiger partial charge >= 0.3 is 0 Å². The van der Waals surface area contributed by atoms with Gasteiger partial charge in [0.05, 0.1) is 12.4 Å². The van der Waals surface area contributed by atoms with E-state index in [1.165, 1.54) is 0 Å². The first-order chi connectivity index (χ1) is 7.78. The Labute approximate surface area is 107 Å². The highest BCUT2D eigenvalue weighted by molar-refractivity contribution is 9.10. The topological polar surface area (TPSA) is 37.8 Å². The summed E-state index contributed by atoms with van der Waals surface area (Å²) in [6, 6.07) is 8.11. The number of hydrogen-bond donors (Lipinski definition) is 1. The summed E-state index contributed by atoms with van der Waals surface area (Å²) in [6.45, 7) is 0. The molecule has 2 aromatic rings. The highest BCUT2D eigenvalue weighted by Crippen LogP contribution is 2.27. The van der Waals surface area contributed by atoms with Gasteiger partial charge in [0.15, 0.2) is 0 Å². The zero-order valence-corrected chi connectivity index (χ0v) is 11.0. The van der Waals surface area contributed by atoms with Crippen LogP contribution in [0.3, 0.4) is 0 Å². The third-order valence-corrected chi connectivity index (χ3v) is 3.35. The van der Waals surface area contributed by atoms with Crippen LogP contribution in [0.2, 0.25) is 0 Å². The van der Waals surface area contributed by atoms with E-state index < -0.39 is 0 Å². The van der Waals surface area contributed by atoms with Crippen molar-refractivity contribution in [3.8, 4) is 0 Å². The fourth-order valence-corrected chi connectivity index (χ4v) is 2.18. The number of anilines is 1. The minimum atomic E-state index is 0.780. The normalized spacial score (nSPS) is 10.1. The summed E-state index contributed by atoms with van der Waals surface area (Å²) in [5, 5.41) is 3.85. The Balaban J connectivity index is 2.16.